The number of carbonyl (C=O) groups excluding carboxylic acids is 1. The monoisotopic (exact) mass is 377 g/mol. The highest BCUT2D eigenvalue weighted by atomic mass is 35.5. The molecule has 0 heterocycles. The van der Waals surface area contributed by atoms with Crippen molar-refractivity contribution in [1.82, 2.24) is 4.31 Å². The molecule has 0 fully saturated rings. The largest absolute Gasteiger partial charge is 0.325 e. The smallest absolute Gasteiger partial charge is 0.239 e. The van der Waals surface area contributed by atoms with Gasteiger partial charge in [-0.3, -0.25) is 4.79 Å². The molecule has 130 valence electrons. The fraction of sp³-hybridized carbons (Fsp3) is 0.176. The van der Waals surface area contributed by atoms with E-state index < -0.39 is 15.9 Å². The third-order valence-electron chi connectivity index (χ3n) is 3.37. The molecule has 25 heavy (non-hydrogen) atoms. The number of hydrogen-bond acceptors (Lipinski definition) is 4. The molecule has 0 spiro atoms. The van der Waals surface area contributed by atoms with Crippen LogP contribution in [0.5, 0.6) is 0 Å². The molecule has 2 rings (SSSR count). The van der Waals surface area contributed by atoms with Gasteiger partial charge in [-0.05, 0) is 29.8 Å². The van der Waals surface area contributed by atoms with Crippen molar-refractivity contribution in [2.75, 3.05) is 18.1 Å². The molecule has 6 nitrogen and oxygen atoms in total. The van der Waals surface area contributed by atoms with Crippen LogP contribution in [0, 0.1) is 11.3 Å². The maximum atomic E-state index is 12.2. The summed E-state index contributed by atoms with van der Waals surface area (Å²) in [5.74, 6) is -0.507. The standard InChI is InChI=1S/C17H16ClN3O3S/c1-25(23,24)21(11-14-6-2-3-8-16(14)18)12-17(22)20-15-7-4-5-13(9-15)10-19/h2-9H,11-12H2,1H3,(H,20,22). The van der Waals surface area contributed by atoms with Crippen molar-refractivity contribution in [3.63, 3.8) is 0 Å². The van der Waals surface area contributed by atoms with Gasteiger partial charge in [0, 0.05) is 17.3 Å². The van der Waals surface area contributed by atoms with Crippen LogP contribution in [0.3, 0.4) is 0 Å². The Bertz CT molecular complexity index is 923. The first-order chi connectivity index (χ1) is 11.8. The normalized spacial score (nSPS) is 11.1. The van der Waals surface area contributed by atoms with Crippen molar-refractivity contribution in [2.45, 2.75) is 6.54 Å². The van der Waals surface area contributed by atoms with Gasteiger partial charge in [0.2, 0.25) is 15.9 Å². The number of anilines is 1. The molecule has 0 aliphatic heterocycles. The maximum Gasteiger partial charge on any atom is 0.239 e. The van der Waals surface area contributed by atoms with Gasteiger partial charge >= 0.3 is 0 Å². The molecule has 0 atom stereocenters. The Balaban J connectivity index is 2.13. The van der Waals surface area contributed by atoms with Gasteiger partial charge in [0.1, 0.15) is 0 Å². The van der Waals surface area contributed by atoms with Crippen LogP contribution in [0.4, 0.5) is 5.69 Å². The summed E-state index contributed by atoms with van der Waals surface area (Å²) in [5.41, 5.74) is 1.43. The Morgan fingerprint density at radius 2 is 1.96 bits per heavy atom. The van der Waals surface area contributed by atoms with E-state index >= 15 is 0 Å². The minimum absolute atomic E-state index is 0.00976. The minimum Gasteiger partial charge on any atom is -0.325 e. The number of nitrogens with zero attached hydrogens (tertiary/aromatic N) is 2. The molecular weight excluding hydrogens is 362 g/mol. The van der Waals surface area contributed by atoms with Crippen LogP contribution in [0.15, 0.2) is 48.5 Å². The Hall–Kier alpha value is -2.40. The molecular formula is C17H16ClN3O3S. The summed E-state index contributed by atoms with van der Waals surface area (Å²) in [7, 11) is -3.62. The summed E-state index contributed by atoms with van der Waals surface area (Å²) in [6, 6.07) is 15.2. The van der Waals surface area contributed by atoms with Crippen LogP contribution >= 0.6 is 11.6 Å². The number of halogens is 1. The number of amides is 1. The average molecular weight is 378 g/mol. The lowest BCUT2D eigenvalue weighted by Gasteiger charge is -2.20. The molecule has 1 N–H and O–H groups in total. The van der Waals surface area contributed by atoms with Gasteiger partial charge in [-0.2, -0.15) is 9.57 Å². The SMILES string of the molecule is CS(=O)(=O)N(CC(=O)Nc1cccc(C#N)c1)Cc1ccccc1Cl. The Morgan fingerprint density at radius 3 is 2.60 bits per heavy atom. The number of sulfonamides is 1. The van der Waals surface area contributed by atoms with Crippen LogP contribution < -0.4 is 5.32 Å². The molecule has 8 heteroatoms. The summed E-state index contributed by atoms with van der Waals surface area (Å²) in [6.07, 6.45) is 1.04. The lowest BCUT2D eigenvalue weighted by Crippen LogP contribution is -2.37. The van der Waals surface area contributed by atoms with E-state index in [-0.39, 0.29) is 13.1 Å². The highest BCUT2D eigenvalue weighted by molar-refractivity contribution is 7.88. The number of rotatable bonds is 6. The number of carbonyl (C=O) groups is 1. The first-order valence-corrected chi connectivity index (χ1v) is 9.51. The van der Waals surface area contributed by atoms with Crippen molar-refractivity contribution >= 4 is 33.2 Å². The first kappa shape index (κ1) is 18.9. The maximum absolute atomic E-state index is 12.2. The van der Waals surface area contributed by atoms with Gasteiger partial charge in [-0.15, -0.1) is 0 Å². The Kier molecular flexibility index (Phi) is 6.15. The van der Waals surface area contributed by atoms with Gasteiger partial charge in [-0.25, -0.2) is 8.42 Å². The Labute approximate surface area is 151 Å². The molecule has 0 radical (unpaired) electrons. The molecule has 0 unspecified atom stereocenters. The van der Waals surface area contributed by atoms with Crippen LogP contribution in [0.1, 0.15) is 11.1 Å². The lowest BCUT2D eigenvalue weighted by molar-refractivity contribution is -0.116. The molecule has 1 amide bonds. The lowest BCUT2D eigenvalue weighted by atomic mass is 10.2. The first-order valence-electron chi connectivity index (χ1n) is 7.28. The van der Waals surface area contributed by atoms with Crippen molar-refractivity contribution in [3.05, 3.63) is 64.7 Å². The zero-order chi connectivity index (χ0) is 18.4. The van der Waals surface area contributed by atoms with E-state index in [1.54, 1.807) is 42.5 Å². The highest BCUT2D eigenvalue weighted by Gasteiger charge is 2.21. The Morgan fingerprint density at radius 1 is 1.24 bits per heavy atom. The van der Waals surface area contributed by atoms with Gasteiger partial charge in [0.05, 0.1) is 24.4 Å². The third kappa shape index (κ3) is 5.57. The van der Waals surface area contributed by atoms with Crippen molar-refractivity contribution in [1.29, 1.82) is 5.26 Å². The predicted molar refractivity (Wildman–Crippen MR) is 96.5 cm³/mol. The quantitative estimate of drug-likeness (QED) is 0.837. The van der Waals surface area contributed by atoms with Gasteiger partial charge in [0.25, 0.3) is 0 Å². The zero-order valence-corrected chi connectivity index (χ0v) is 15.0. The second-order valence-corrected chi connectivity index (χ2v) is 7.75. The van der Waals surface area contributed by atoms with Crippen molar-refractivity contribution in [3.8, 4) is 6.07 Å². The fourth-order valence-corrected chi connectivity index (χ4v) is 3.06. The zero-order valence-electron chi connectivity index (χ0n) is 13.4. The number of hydrogen-bond donors (Lipinski definition) is 1. The van der Waals surface area contributed by atoms with Crippen LogP contribution in [0.25, 0.3) is 0 Å². The van der Waals surface area contributed by atoms with Crippen LogP contribution in [-0.4, -0.2) is 31.4 Å². The molecule has 0 saturated heterocycles. The van der Waals surface area contributed by atoms with E-state index in [0.717, 1.165) is 10.6 Å². The number of benzene rings is 2. The number of nitriles is 1. The minimum atomic E-state index is -3.62. The third-order valence-corrected chi connectivity index (χ3v) is 4.93. The number of nitrogens with one attached hydrogen (secondary N) is 1. The van der Waals surface area contributed by atoms with Crippen LogP contribution in [0.2, 0.25) is 5.02 Å². The summed E-state index contributed by atoms with van der Waals surface area (Å²) in [4.78, 5) is 12.2. The van der Waals surface area contributed by atoms with E-state index in [1.807, 2.05) is 6.07 Å². The fourth-order valence-electron chi connectivity index (χ4n) is 2.13. The average Bonchev–Trinajstić information content (AvgIpc) is 2.55. The summed E-state index contributed by atoms with van der Waals surface area (Å²) < 4.78 is 25.0. The van der Waals surface area contributed by atoms with E-state index in [9.17, 15) is 13.2 Å². The van der Waals surface area contributed by atoms with E-state index in [1.165, 1.54) is 6.07 Å². The van der Waals surface area contributed by atoms with Gasteiger partial charge < -0.3 is 5.32 Å². The van der Waals surface area contributed by atoms with E-state index in [4.69, 9.17) is 16.9 Å². The summed E-state index contributed by atoms with van der Waals surface area (Å²) >= 11 is 6.07. The van der Waals surface area contributed by atoms with Gasteiger partial charge in [0.15, 0.2) is 0 Å². The highest BCUT2D eigenvalue weighted by Crippen LogP contribution is 2.18. The van der Waals surface area contributed by atoms with E-state index in [2.05, 4.69) is 5.32 Å². The van der Waals surface area contributed by atoms with Gasteiger partial charge in [-0.1, -0.05) is 35.9 Å². The topological polar surface area (TPSA) is 90.3 Å². The summed E-state index contributed by atoms with van der Waals surface area (Å²) in [5, 5.41) is 11.9. The van der Waals surface area contributed by atoms with E-state index in [0.29, 0.717) is 21.8 Å². The second-order valence-electron chi connectivity index (χ2n) is 5.36. The second kappa shape index (κ2) is 8.12. The van der Waals surface area contributed by atoms with Crippen LogP contribution in [-0.2, 0) is 21.4 Å². The molecule has 0 aliphatic rings. The van der Waals surface area contributed by atoms with Crippen molar-refractivity contribution < 1.29 is 13.2 Å². The molecule has 0 saturated carbocycles. The molecule has 0 aliphatic carbocycles. The summed E-state index contributed by atoms with van der Waals surface area (Å²) in [6.45, 7) is -0.370. The molecule has 0 aromatic heterocycles. The molecule has 0 bridgehead atoms. The molecule has 2 aromatic rings. The predicted octanol–water partition coefficient (Wildman–Crippen LogP) is 2.61. The molecule has 2 aromatic carbocycles. The van der Waals surface area contributed by atoms with Crippen molar-refractivity contribution in [2.24, 2.45) is 0 Å².